The van der Waals surface area contributed by atoms with Gasteiger partial charge in [0.1, 0.15) is 24.1 Å². The van der Waals surface area contributed by atoms with Crippen LogP contribution in [0.1, 0.15) is 18.4 Å². The van der Waals surface area contributed by atoms with E-state index in [1.54, 1.807) is 12.1 Å². The number of aliphatic hydroxyl groups excluding tert-OH is 1. The Morgan fingerprint density at radius 3 is 2.88 bits per heavy atom. The zero-order valence-corrected chi connectivity index (χ0v) is 14.1. The average molecular weight is 371 g/mol. The van der Waals surface area contributed by atoms with Crippen molar-refractivity contribution in [1.82, 2.24) is 4.90 Å². The largest absolute Gasteiger partial charge is 0.490 e. The Kier molecular flexibility index (Phi) is 4.77. The van der Waals surface area contributed by atoms with Crippen LogP contribution >= 0.6 is 11.6 Å². The minimum absolute atomic E-state index is 0.0625. The molecule has 9 heteroatoms. The smallest absolute Gasteiger partial charge is 0.407 e. The van der Waals surface area contributed by atoms with Crippen LogP contribution in [-0.4, -0.2) is 63.6 Å². The molecule has 0 unspecified atom stereocenters. The van der Waals surface area contributed by atoms with Crippen molar-refractivity contribution in [2.75, 3.05) is 25.0 Å². The summed E-state index contributed by atoms with van der Waals surface area (Å²) in [5.41, 5.74) is -0.298. The highest BCUT2D eigenvalue weighted by atomic mass is 35.5. The van der Waals surface area contributed by atoms with Crippen LogP contribution < -0.4 is 10.1 Å². The van der Waals surface area contributed by atoms with Gasteiger partial charge in [0.05, 0.1) is 17.3 Å². The lowest BCUT2D eigenvalue weighted by atomic mass is 9.89. The van der Waals surface area contributed by atoms with E-state index in [0.717, 1.165) is 10.5 Å². The molecule has 2 amide bonds. The Bertz CT molecular complexity index is 712. The zero-order valence-electron chi connectivity index (χ0n) is 13.4. The molecule has 4 N–H and O–H groups in total. The van der Waals surface area contributed by atoms with E-state index < -0.39 is 17.8 Å². The maximum atomic E-state index is 11.5. The maximum Gasteiger partial charge on any atom is 0.407 e. The molecule has 0 saturated carbocycles. The van der Waals surface area contributed by atoms with Crippen molar-refractivity contribution in [2.45, 2.75) is 31.0 Å². The second kappa shape index (κ2) is 6.70. The number of nitrogens with one attached hydrogen (secondary N) is 1. The van der Waals surface area contributed by atoms with Gasteiger partial charge in [0.15, 0.2) is 0 Å². The van der Waals surface area contributed by atoms with Gasteiger partial charge in [-0.3, -0.25) is 4.79 Å². The van der Waals surface area contributed by atoms with Crippen molar-refractivity contribution < 1.29 is 29.6 Å². The van der Waals surface area contributed by atoms with Crippen LogP contribution in [0.4, 0.5) is 10.5 Å². The van der Waals surface area contributed by atoms with E-state index in [2.05, 4.69) is 5.32 Å². The van der Waals surface area contributed by atoms with Crippen LogP contribution in [0, 0.1) is 0 Å². The van der Waals surface area contributed by atoms with E-state index >= 15 is 0 Å². The lowest BCUT2D eigenvalue weighted by Gasteiger charge is -2.40. The topological polar surface area (TPSA) is 119 Å². The first-order valence-corrected chi connectivity index (χ1v) is 8.30. The molecular weight excluding hydrogens is 352 g/mol. The molecule has 136 valence electrons. The Hall–Kier alpha value is -2.03. The summed E-state index contributed by atoms with van der Waals surface area (Å²) in [4.78, 5) is 23.6. The van der Waals surface area contributed by atoms with Gasteiger partial charge in [-0.25, -0.2) is 4.79 Å². The minimum Gasteiger partial charge on any atom is -0.490 e. The van der Waals surface area contributed by atoms with E-state index in [9.17, 15) is 19.8 Å². The second-order valence-electron chi connectivity index (χ2n) is 6.33. The Labute approximate surface area is 149 Å². The van der Waals surface area contributed by atoms with Gasteiger partial charge in [0.25, 0.3) is 0 Å². The van der Waals surface area contributed by atoms with Gasteiger partial charge >= 0.3 is 6.09 Å². The van der Waals surface area contributed by atoms with Crippen molar-refractivity contribution in [3.63, 3.8) is 0 Å². The SMILES string of the molecule is O=C1CCc2c(OC[C@]3(O)CCN(C(=O)O)C[C@H]3O)ccc(Cl)c2N1. The zero-order chi connectivity index (χ0) is 18.2. The summed E-state index contributed by atoms with van der Waals surface area (Å²) in [6.45, 7) is -0.255. The molecule has 0 radical (unpaired) electrons. The number of nitrogens with zero attached hydrogens (tertiary/aromatic N) is 1. The van der Waals surface area contributed by atoms with Gasteiger partial charge in [-0.05, 0) is 25.0 Å². The second-order valence-corrected chi connectivity index (χ2v) is 6.74. The highest BCUT2D eigenvalue weighted by Crippen LogP contribution is 2.37. The molecule has 1 aromatic rings. The predicted octanol–water partition coefficient (Wildman–Crippen LogP) is 1.08. The molecule has 1 saturated heterocycles. The number of halogens is 1. The number of likely N-dealkylation sites (tertiary alicyclic amines) is 1. The van der Waals surface area contributed by atoms with Crippen molar-refractivity contribution in [3.8, 4) is 5.75 Å². The van der Waals surface area contributed by atoms with Gasteiger partial charge in [-0.1, -0.05) is 11.6 Å². The lowest BCUT2D eigenvalue weighted by Crippen LogP contribution is -2.59. The molecular formula is C16H19ClN2O6. The van der Waals surface area contributed by atoms with Crippen molar-refractivity contribution >= 4 is 29.3 Å². The third-order valence-electron chi connectivity index (χ3n) is 4.66. The van der Waals surface area contributed by atoms with Crippen LogP contribution in [0.3, 0.4) is 0 Å². The number of carbonyl (C=O) groups is 2. The van der Waals surface area contributed by atoms with Crippen LogP contribution in [0.2, 0.25) is 5.02 Å². The Morgan fingerprint density at radius 1 is 1.44 bits per heavy atom. The van der Waals surface area contributed by atoms with E-state index in [4.69, 9.17) is 21.4 Å². The molecule has 2 aliphatic rings. The van der Waals surface area contributed by atoms with Crippen molar-refractivity contribution in [3.05, 3.63) is 22.7 Å². The molecule has 25 heavy (non-hydrogen) atoms. The standard InChI is InChI=1S/C16H19ClN2O6/c17-10-2-3-11(9-1-4-13(21)18-14(9)10)25-8-16(24)5-6-19(15(22)23)7-12(16)20/h2-3,12,20,24H,1,4-8H2,(H,18,21)(H,22,23)/t12-,16-/m1/s1. The predicted molar refractivity (Wildman–Crippen MR) is 89.1 cm³/mol. The van der Waals surface area contributed by atoms with Gasteiger partial charge in [-0.2, -0.15) is 0 Å². The number of amides is 2. The van der Waals surface area contributed by atoms with E-state index in [-0.39, 0.29) is 32.0 Å². The molecule has 1 aromatic carbocycles. The van der Waals surface area contributed by atoms with Gasteiger partial charge in [0, 0.05) is 18.5 Å². The monoisotopic (exact) mass is 370 g/mol. The van der Waals surface area contributed by atoms with E-state index in [1.807, 2.05) is 0 Å². The summed E-state index contributed by atoms with van der Waals surface area (Å²) in [7, 11) is 0. The Morgan fingerprint density at radius 2 is 2.20 bits per heavy atom. The number of ether oxygens (including phenoxy) is 1. The summed E-state index contributed by atoms with van der Waals surface area (Å²) in [6.07, 6.45) is -1.55. The van der Waals surface area contributed by atoms with Crippen LogP contribution in [0.25, 0.3) is 0 Å². The summed E-state index contributed by atoms with van der Waals surface area (Å²) in [5.74, 6) is 0.349. The lowest BCUT2D eigenvalue weighted by molar-refractivity contribution is -0.132. The molecule has 0 aromatic heterocycles. The fourth-order valence-corrected chi connectivity index (χ4v) is 3.29. The van der Waals surface area contributed by atoms with Gasteiger partial charge < -0.3 is 30.3 Å². The van der Waals surface area contributed by atoms with E-state index in [0.29, 0.717) is 29.3 Å². The minimum atomic E-state index is -1.55. The number of β-amino-alcohol motifs (C(OH)–C–C–N with tert-alkyl or cyclic N) is 1. The number of rotatable bonds is 3. The first-order valence-electron chi connectivity index (χ1n) is 7.92. The molecule has 2 atom stereocenters. The summed E-state index contributed by atoms with van der Waals surface area (Å²) in [6, 6.07) is 3.25. The molecule has 2 aliphatic heterocycles. The molecule has 0 spiro atoms. The fraction of sp³-hybridized carbons (Fsp3) is 0.500. The number of aliphatic hydroxyl groups is 2. The summed E-state index contributed by atoms with van der Waals surface area (Å²) in [5, 5.41) is 32.8. The first-order chi connectivity index (χ1) is 11.8. The molecule has 0 bridgehead atoms. The van der Waals surface area contributed by atoms with Crippen LogP contribution in [0.15, 0.2) is 12.1 Å². The molecule has 0 aliphatic carbocycles. The number of hydrogen-bond acceptors (Lipinski definition) is 5. The van der Waals surface area contributed by atoms with Crippen molar-refractivity contribution in [1.29, 1.82) is 0 Å². The number of hydrogen-bond donors (Lipinski definition) is 4. The van der Waals surface area contributed by atoms with Crippen LogP contribution in [-0.2, 0) is 11.2 Å². The first kappa shape index (κ1) is 17.8. The third-order valence-corrected chi connectivity index (χ3v) is 4.98. The molecule has 1 fully saturated rings. The summed E-state index contributed by atoms with van der Waals surface area (Å²) < 4.78 is 5.72. The number of carbonyl (C=O) groups excluding carboxylic acids is 1. The highest BCUT2D eigenvalue weighted by molar-refractivity contribution is 6.34. The van der Waals surface area contributed by atoms with Gasteiger partial charge in [0.2, 0.25) is 5.91 Å². The molecule has 2 heterocycles. The quantitative estimate of drug-likeness (QED) is 0.632. The van der Waals surface area contributed by atoms with E-state index in [1.165, 1.54) is 0 Å². The Balaban J connectivity index is 1.73. The fourth-order valence-electron chi connectivity index (χ4n) is 3.07. The maximum absolute atomic E-state index is 11.5. The highest BCUT2D eigenvalue weighted by Gasteiger charge is 2.43. The number of carboxylic acid groups (broad SMARTS) is 1. The average Bonchev–Trinajstić information content (AvgIpc) is 2.57. The third kappa shape index (κ3) is 3.51. The number of piperidine rings is 1. The normalized spacial score (nSPS) is 26.0. The molecule has 8 nitrogen and oxygen atoms in total. The van der Waals surface area contributed by atoms with Crippen LogP contribution in [0.5, 0.6) is 5.75 Å². The molecule has 3 rings (SSSR count). The number of benzene rings is 1. The van der Waals surface area contributed by atoms with Gasteiger partial charge in [-0.15, -0.1) is 0 Å². The van der Waals surface area contributed by atoms with Crippen molar-refractivity contribution in [2.24, 2.45) is 0 Å². The number of fused-ring (bicyclic) bond motifs is 1. The number of anilines is 1. The summed E-state index contributed by atoms with van der Waals surface area (Å²) >= 11 is 6.10.